The van der Waals surface area contributed by atoms with Crippen LogP contribution in [0.3, 0.4) is 0 Å². The number of fused-ring (bicyclic) bond motifs is 1. The lowest BCUT2D eigenvalue weighted by Gasteiger charge is -2.24. The number of ether oxygens (including phenoxy) is 1. The van der Waals surface area contributed by atoms with E-state index in [-0.39, 0.29) is 17.8 Å². The quantitative estimate of drug-likeness (QED) is 0.327. The van der Waals surface area contributed by atoms with E-state index < -0.39 is 5.91 Å². The number of carbonyl (C=O) groups excluding carboxylic acids is 1. The second-order valence-electron chi connectivity index (χ2n) is 8.01. The van der Waals surface area contributed by atoms with Crippen molar-refractivity contribution in [3.05, 3.63) is 112 Å². The molecule has 1 aliphatic rings. The van der Waals surface area contributed by atoms with E-state index in [4.69, 9.17) is 16.3 Å². The average Bonchev–Trinajstić information content (AvgIpc) is 3.30. The minimum atomic E-state index is -0.408. The second kappa shape index (κ2) is 10.1. The first-order chi connectivity index (χ1) is 17.5. The lowest BCUT2D eigenvalue weighted by atomic mass is 10.0. The van der Waals surface area contributed by atoms with Crippen LogP contribution in [0.4, 0.5) is 16.3 Å². The number of nitrogens with one attached hydrogen (secondary N) is 2. The van der Waals surface area contributed by atoms with Gasteiger partial charge in [-0.1, -0.05) is 48.0 Å². The Morgan fingerprint density at radius 2 is 1.81 bits per heavy atom. The predicted molar refractivity (Wildman–Crippen MR) is 138 cm³/mol. The van der Waals surface area contributed by atoms with Gasteiger partial charge < -0.3 is 10.1 Å². The molecular weight excluding hydrogens is 481 g/mol. The van der Waals surface area contributed by atoms with Gasteiger partial charge in [-0.25, -0.2) is 9.07 Å². The number of carbonyl (C=O) groups is 1. The highest BCUT2D eigenvalue weighted by molar-refractivity contribution is 6.30. The van der Waals surface area contributed by atoms with Gasteiger partial charge in [-0.15, -0.1) is 5.10 Å². The number of aromatic nitrogens is 3. The molecule has 0 radical (unpaired) electrons. The summed E-state index contributed by atoms with van der Waals surface area (Å²) in [5, 5.41) is 11.2. The van der Waals surface area contributed by atoms with Gasteiger partial charge in [0, 0.05) is 16.8 Å². The highest BCUT2D eigenvalue weighted by atomic mass is 35.5. The van der Waals surface area contributed by atoms with Crippen molar-refractivity contribution >= 4 is 41.2 Å². The van der Waals surface area contributed by atoms with Crippen LogP contribution in [0.1, 0.15) is 22.7 Å². The van der Waals surface area contributed by atoms with E-state index in [2.05, 4.69) is 20.7 Å². The summed E-state index contributed by atoms with van der Waals surface area (Å²) in [4.78, 5) is 17.0. The molecule has 2 N–H and O–H groups in total. The molecule has 0 bridgehead atoms. The molecule has 1 aliphatic heterocycles. The number of hydrogen-bond acceptors (Lipinski definition) is 5. The zero-order chi connectivity index (χ0) is 25.1. The predicted octanol–water partition coefficient (Wildman–Crippen LogP) is 5.79. The van der Waals surface area contributed by atoms with Gasteiger partial charge in [-0.05, 0) is 65.2 Å². The lowest BCUT2D eigenvalue weighted by Crippen LogP contribution is -2.20. The number of rotatable bonds is 6. The highest BCUT2D eigenvalue weighted by Gasteiger charge is 2.25. The molecule has 7 nitrogen and oxygen atoms in total. The topological polar surface area (TPSA) is 81.1 Å². The molecule has 0 unspecified atom stereocenters. The van der Waals surface area contributed by atoms with Crippen LogP contribution in [-0.2, 0) is 4.79 Å². The largest absolute Gasteiger partial charge is 0.497 e. The molecule has 0 saturated carbocycles. The van der Waals surface area contributed by atoms with Crippen LogP contribution in [0.2, 0.25) is 5.02 Å². The van der Waals surface area contributed by atoms with Crippen molar-refractivity contribution in [1.82, 2.24) is 14.8 Å². The summed E-state index contributed by atoms with van der Waals surface area (Å²) < 4.78 is 20.1. The van der Waals surface area contributed by atoms with Crippen LogP contribution in [0.5, 0.6) is 5.75 Å². The first-order valence-corrected chi connectivity index (χ1v) is 11.5. The second-order valence-corrected chi connectivity index (χ2v) is 8.44. The molecule has 36 heavy (non-hydrogen) atoms. The zero-order valence-corrected chi connectivity index (χ0v) is 19.9. The normalized spacial score (nSPS) is 14.6. The van der Waals surface area contributed by atoms with Gasteiger partial charge >= 0.3 is 0 Å². The first kappa shape index (κ1) is 23.3. The monoisotopic (exact) mass is 501 g/mol. The smallest absolute Gasteiger partial charge is 0.250 e. The van der Waals surface area contributed by atoms with Crippen LogP contribution in [0.25, 0.3) is 11.8 Å². The molecule has 1 aromatic heterocycles. The van der Waals surface area contributed by atoms with Crippen molar-refractivity contribution in [3.8, 4) is 5.75 Å². The SMILES string of the molecule is COc1ccc([C@H]2C=C(c3ccc(Cl)cc3)Nc3nc(NC(=O)/C=C/c4ccc(F)cc4)nn32)cc1. The number of benzene rings is 3. The van der Waals surface area contributed by atoms with E-state index in [0.29, 0.717) is 16.5 Å². The zero-order valence-electron chi connectivity index (χ0n) is 19.2. The molecule has 0 saturated heterocycles. The number of hydrogen-bond donors (Lipinski definition) is 2. The third kappa shape index (κ3) is 5.13. The third-order valence-corrected chi connectivity index (χ3v) is 5.86. The molecule has 0 fully saturated rings. The van der Waals surface area contributed by atoms with E-state index in [0.717, 1.165) is 22.6 Å². The van der Waals surface area contributed by atoms with Gasteiger partial charge in [0.15, 0.2) is 0 Å². The number of nitrogens with zero attached hydrogens (tertiary/aromatic N) is 3. The van der Waals surface area contributed by atoms with Crippen LogP contribution < -0.4 is 15.4 Å². The van der Waals surface area contributed by atoms with Crippen molar-refractivity contribution in [2.75, 3.05) is 17.7 Å². The summed E-state index contributed by atoms with van der Waals surface area (Å²) in [6.07, 6.45) is 4.97. The Morgan fingerprint density at radius 3 is 2.50 bits per heavy atom. The number of anilines is 2. The maximum absolute atomic E-state index is 13.1. The average molecular weight is 502 g/mol. The van der Waals surface area contributed by atoms with Crippen molar-refractivity contribution in [3.63, 3.8) is 0 Å². The third-order valence-electron chi connectivity index (χ3n) is 5.61. The van der Waals surface area contributed by atoms with Gasteiger partial charge in [0.1, 0.15) is 17.6 Å². The maximum Gasteiger partial charge on any atom is 0.250 e. The molecule has 3 aromatic carbocycles. The number of amides is 1. The molecule has 4 aromatic rings. The van der Waals surface area contributed by atoms with Gasteiger partial charge in [-0.3, -0.25) is 10.1 Å². The summed E-state index contributed by atoms with van der Waals surface area (Å²) in [7, 11) is 1.62. The molecule has 180 valence electrons. The first-order valence-electron chi connectivity index (χ1n) is 11.1. The number of allylic oxidation sites excluding steroid dienone is 1. The summed E-state index contributed by atoms with van der Waals surface area (Å²) in [6.45, 7) is 0. The minimum Gasteiger partial charge on any atom is -0.497 e. The summed E-state index contributed by atoms with van der Waals surface area (Å²) in [5.74, 6) is 0.620. The van der Waals surface area contributed by atoms with E-state index in [1.807, 2.05) is 54.6 Å². The van der Waals surface area contributed by atoms with Crippen molar-refractivity contribution in [1.29, 1.82) is 0 Å². The maximum atomic E-state index is 13.1. The molecule has 2 heterocycles. The Bertz CT molecular complexity index is 1450. The van der Waals surface area contributed by atoms with Crippen LogP contribution in [0.15, 0.2) is 84.9 Å². The van der Waals surface area contributed by atoms with Gasteiger partial charge in [0.25, 0.3) is 11.9 Å². The fourth-order valence-corrected chi connectivity index (χ4v) is 3.91. The Hall–Kier alpha value is -4.43. The molecule has 5 rings (SSSR count). The highest BCUT2D eigenvalue weighted by Crippen LogP contribution is 2.34. The van der Waals surface area contributed by atoms with Gasteiger partial charge in [0.2, 0.25) is 5.95 Å². The van der Waals surface area contributed by atoms with Crippen molar-refractivity contribution < 1.29 is 13.9 Å². The summed E-state index contributed by atoms with van der Waals surface area (Å²) >= 11 is 6.07. The van der Waals surface area contributed by atoms with Crippen LogP contribution in [0, 0.1) is 5.82 Å². The van der Waals surface area contributed by atoms with E-state index >= 15 is 0 Å². The van der Waals surface area contributed by atoms with E-state index in [1.54, 1.807) is 30.0 Å². The standard InChI is InChI=1S/C27H21ClFN5O2/c1-36-22-13-7-19(8-14-22)24-16-23(18-5-9-20(28)10-6-18)30-27-32-26(33-34(24)27)31-25(35)15-4-17-2-11-21(29)12-3-17/h2-16,24H,1H3,(H2,30,31,32,33,35)/b15-4+/t24-/m1/s1. The molecule has 0 aliphatic carbocycles. The fraction of sp³-hybridized carbons (Fsp3) is 0.0741. The Balaban J connectivity index is 1.43. The molecule has 9 heteroatoms. The number of halogens is 2. The Kier molecular flexibility index (Phi) is 6.51. The lowest BCUT2D eigenvalue weighted by molar-refractivity contribution is -0.111. The van der Waals surface area contributed by atoms with Crippen molar-refractivity contribution in [2.24, 2.45) is 0 Å². The molecule has 1 atom stereocenters. The van der Waals surface area contributed by atoms with E-state index in [9.17, 15) is 9.18 Å². The van der Waals surface area contributed by atoms with E-state index in [1.165, 1.54) is 18.2 Å². The Morgan fingerprint density at radius 1 is 1.08 bits per heavy atom. The van der Waals surface area contributed by atoms with Crippen LogP contribution in [-0.4, -0.2) is 27.8 Å². The minimum absolute atomic E-state index is 0.149. The molecule has 1 amide bonds. The molecule has 0 spiro atoms. The number of methoxy groups -OCH3 is 1. The fourth-order valence-electron chi connectivity index (χ4n) is 3.78. The summed E-state index contributed by atoms with van der Waals surface area (Å²) in [5.41, 5.74) is 3.42. The molecular formula is C27H21ClFN5O2. The van der Waals surface area contributed by atoms with Crippen LogP contribution >= 0.6 is 11.6 Å². The van der Waals surface area contributed by atoms with Gasteiger partial charge in [-0.2, -0.15) is 4.98 Å². The van der Waals surface area contributed by atoms with Gasteiger partial charge in [0.05, 0.1) is 7.11 Å². The van der Waals surface area contributed by atoms with Crippen molar-refractivity contribution in [2.45, 2.75) is 6.04 Å². The summed E-state index contributed by atoms with van der Waals surface area (Å²) in [6, 6.07) is 20.7. The Labute approximate surface area is 211 Å².